The van der Waals surface area contributed by atoms with Gasteiger partial charge in [-0.1, -0.05) is 61.9 Å². The second-order valence-corrected chi connectivity index (χ2v) is 8.77. The van der Waals surface area contributed by atoms with E-state index >= 15 is 0 Å². The number of H-pyrrole nitrogens is 1. The predicted molar refractivity (Wildman–Crippen MR) is 135 cm³/mol. The highest BCUT2D eigenvalue weighted by Crippen LogP contribution is 2.32. The number of unbranched alkanes of at least 4 members (excludes halogenated alkanes) is 1. The molecule has 8 nitrogen and oxygen atoms in total. The summed E-state index contributed by atoms with van der Waals surface area (Å²) in [7, 11) is 0. The average molecular weight is 462 g/mol. The number of nitrogens with zero attached hydrogens (tertiary/aromatic N) is 3. The highest BCUT2D eigenvalue weighted by Gasteiger charge is 2.31. The number of amides is 1. The van der Waals surface area contributed by atoms with Crippen molar-refractivity contribution in [3.05, 3.63) is 86.6 Å². The highest BCUT2D eigenvalue weighted by atomic mass is 16.2. The molecule has 1 aliphatic rings. The third kappa shape index (κ3) is 4.62. The number of nitrogen functional groups attached to an aromatic ring is 1. The number of rotatable bonds is 8. The van der Waals surface area contributed by atoms with Gasteiger partial charge in [-0.25, -0.2) is 4.79 Å². The van der Waals surface area contributed by atoms with Gasteiger partial charge in [0.15, 0.2) is 5.69 Å². The lowest BCUT2D eigenvalue weighted by Crippen LogP contribution is -2.46. The Morgan fingerprint density at radius 3 is 2.56 bits per heavy atom. The Balaban J connectivity index is 1.74. The summed E-state index contributed by atoms with van der Waals surface area (Å²) in [5.74, 6) is -0.244. The zero-order valence-electron chi connectivity index (χ0n) is 19.7. The first-order valence-corrected chi connectivity index (χ1v) is 11.7. The van der Waals surface area contributed by atoms with Crippen molar-refractivity contribution in [3.63, 3.8) is 0 Å². The first-order chi connectivity index (χ1) is 16.4. The number of para-hydroxylation sites is 1. The van der Waals surface area contributed by atoms with Crippen LogP contribution in [0.4, 0.5) is 17.2 Å². The number of aromatic nitrogens is 2. The van der Waals surface area contributed by atoms with Crippen LogP contribution in [-0.4, -0.2) is 28.0 Å². The number of carbonyl (C=O) groups excluding carboxylic acids is 1. The van der Waals surface area contributed by atoms with E-state index in [-0.39, 0.29) is 36.5 Å². The predicted octanol–water partition coefficient (Wildman–Crippen LogP) is 2.90. The molecule has 0 aliphatic carbocycles. The van der Waals surface area contributed by atoms with Crippen molar-refractivity contribution in [2.24, 2.45) is 0 Å². The molecular formula is C26H31N5O3. The molecule has 178 valence electrons. The second kappa shape index (κ2) is 9.99. The highest BCUT2D eigenvalue weighted by molar-refractivity contribution is 5.98. The lowest BCUT2D eigenvalue weighted by atomic mass is 10.1. The summed E-state index contributed by atoms with van der Waals surface area (Å²) < 4.78 is 1.35. The van der Waals surface area contributed by atoms with E-state index < -0.39 is 11.2 Å². The molecule has 0 saturated carbocycles. The standard InChI is InChI=1S/C26H31N5O3/c1-3-4-14-29-24(27)23(25(33)28-26(29)34)31(16-19-10-6-5-7-11-19)22(32)17-30-18(2)15-20-12-8-9-13-21(20)30/h5-13,18H,3-4,14-17,27H2,1-2H3,(H,28,33,34). The van der Waals surface area contributed by atoms with Crippen molar-refractivity contribution in [1.29, 1.82) is 0 Å². The number of fused-ring (bicyclic) bond motifs is 1. The van der Waals surface area contributed by atoms with Crippen molar-refractivity contribution in [3.8, 4) is 0 Å². The number of nitrogens with one attached hydrogen (secondary N) is 1. The van der Waals surface area contributed by atoms with E-state index in [4.69, 9.17) is 5.73 Å². The second-order valence-electron chi connectivity index (χ2n) is 8.77. The molecule has 1 amide bonds. The van der Waals surface area contributed by atoms with E-state index in [9.17, 15) is 14.4 Å². The first kappa shape index (κ1) is 23.4. The summed E-state index contributed by atoms with van der Waals surface area (Å²) in [6.07, 6.45) is 2.44. The number of hydrogen-bond donors (Lipinski definition) is 2. The van der Waals surface area contributed by atoms with E-state index in [2.05, 4.69) is 22.9 Å². The molecule has 1 aromatic heterocycles. The minimum Gasteiger partial charge on any atom is -0.383 e. The maximum atomic E-state index is 13.8. The van der Waals surface area contributed by atoms with Crippen LogP contribution in [0.5, 0.6) is 0 Å². The van der Waals surface area contributed by atoms with Gasteiger partial charge in [0, 0.05) is 18.3 Å². The van der Waals surface area contributed by atoms with Gasteiger partial charge in [0.2, 0.25) is 5.91 Å². The summed E-state index contributed by atoms with van der Waals surface area (Å²) in [5.41, 5.74) is 8.24. The molecule has 0 radical (unpaired) electrons. The molecule has 0 saturated heterocycles. The first-order valence-electron chi connectivity index (χ1n) is 11.7. The third-order valence-electron chi connectivity index (χ3n) is 6.36. The molecule has 1 atom stereocenters. The summed E-state index contributed by atoms with van der Waals surface area (Å²) in [6, 6.07) is 17.6. The normalized spacial score (nSPS) is 14.8. The smallest absolute Gasteiger partial charge is 0.330 e. The van der Waals surface area contributed by atoms with E-state index in [1.807, 2.05) is 55.5 Å². The Bertz CT molecular complexity index is 1280. The van der Waals surface area contributed by atoms with Crippen molar-refractivity contribution in [2.45, 2.75) is 52.2 Å². The zero-order valence-corrected chi connectivity index (χ0v) is 19.7. The van der Waals surface area contributed by atoms with Crippen LogP contribution in [0.15, 0.2) is 64.2 Å². The Kier molecular flexibility index (Phi) is 6.86. The summed E-state index contributed by atoms with van der Waals surface area (Å²) >= 11 is 0. The van der Waals surface area contributed by atoms with Gasteiger partial charge in [-0.3, -0.25) is 24.0 Å². The van der Waals surface area contributed by atoms with Crippen LogP contribution >= 0.6 is 0 Å². The van der Waals surface area contributed by atoms with Gasteiger partial charge in [0.1, 0.15) is 5.82 Å². The lowest BCUT2D eigenvalue weighted by molar-refractivity contribution is -0.117. The number of nitrogens with two attached hydrogens (primary N) is 1. The maximum Gasteiger partial charge on any atom is 0.330 e. The van der Waals surface area contributed by atoms with Gasteiger partial charge in [-0.05, 0) is 37.0 Å². The SMILES string of the molecule is CCCCn1c(N)c(N(Cc2ccccc2)C(=O)CN2c3ccccc3CC2C)c(=O)[nH]c1=O. The molecule has 0 bridgehead atoms. The fraction of sp³-hybridized carbons (Fsp3) is 0.346. The fourth-order valence-corrected chi connectivity index (χ4v) is 4.54. The van der Waals surface area contributed by atoms with Crippen LogP contribution in [0.2, 0.25) is 0 Å². The molecule has 3 aromatic rings. The zero-order chi connectivity index (χ0) is 24.2. The Morgan fingerprint density at radius 1 is 1.12 bits per heavy atom. The van der Waals surface area contributed by atoms with Gasteiger partial charge >= 0.3 is 5.69 Å². The van der Waals surface area contributed by atoms with Gasteiger partial charge in [0.25, 0.3) is 5.56 Å². The summed E-state index contributed by atoms with van der Waals surface area (Å²) in [5, 5.41) is 0. The van der Waals surface area contributed by atoms with Crippen molar-refractivity contribution < 1.29 is 4.79 Å². The number of anilines is 3. The third-order valence-corrected chi connectivity index (χ3v) is 6.36. The van der Waals surface area contributed by atoms with Gasteiger partial charge in [0.05, 0.1) is 13.1 Å². The molecule has 3 N–H and O–H groups in total. The number of hydrogen-bond acceptors (Lipinski definition) is 5. The molecule has 2 aromatic carbocycles. The monoisotopic (exact) mass is 461 g/mol. The molecule has 1 unspecified atom stereocenters. The molecule has 4 rings (SSSR count). The minimum absolute atomic E-state index is 0.0151. The Labute approximate surface area is 198 Å². The lowest BCUT2D eigenvalue weighted by Gasteiger charge is -2.29. The van der Waals surface area contributed by atoms with E-state index in [1.54, 1.807) is 0 Å². The molecule has 2 heterocycles. The van der Waals surface area contributed by atoms with Crippen LogP contribution < -0.4 is 26.8 Å². The van der Waals surface area contributed by atoms with Crippen LogP contribution in [0, 0.1) is 0 Å². The van der Waals surface area contributed by atoms with E-state index in [0.717, 1.165) is 30.5 Å². The summed E-state index contributed by atoms with van der Waals surface area (Å²) in [4.78, 5) is 45.0. The number of carbonyl (C=O) groups is 1. The maximum absolute atomic E-state index is 13.8. The van der Waals surface area contributed by atoms with E-state index in [0.29, 0.717) is 6.54 Å². The summed E-state index contributed by atoms with van der Waals surface area (Å²) in [6.45, 7) is 4.73. The fourth-order valence-electron chi connectivity index (χ4n) is 4.54. The number of aromatic amines is 1. The van der Waals surface area contributed by atoms with Crippen LogP contribution in [0.25, 0.3) is 0 Å². The average Bonchev–Trinajstić information content (AvgIpc) is 3.13. The van der Waals surface area contributed by atoms with Crippen molar-refractivity contribution in [1.82, 2.24) is 9.55 Å². The molecule has 1 aliphatic heterocycles. The van der Waals surface area contributed by atoms with Crippen LogP contribution in [0.3, 0.4) is 0 Å². The van der Waals surface area contributed by atoms with Gasteiger partial charge < -0.3 is 10.6 Å². The van der Waals surface area contributed by atoms with Crippen molar-refractivity contribution in [2.75, 3.05) is 22.1 Å². The molecule has 34 heavy (non-hydrogen) atoms. The van der Waals surface area contributed by atoms with Gasteiger partial charge in [-0.15, -0.1) is 0 Å². The van der Waals surface area contributed by atoms with Crippen LogP contribution in [0.1, 0.15) is 37.8 Å². The Hall–Kier alpha value is -3.81. The Morgan fingerprint density at radius 2 is 1.82 bits per heavy atom. The van der Waals surface area contributed by atoms with Gasteiger partial charge in [-0.2, -0.15) is 0 Å². The molecule has 0 fully saturated rings. The number of benzene rings is 2. The molecular weight excluding hydrogens is 430 g/mol. The topological polar surface area (TPSA) is 104 Å². The minimum atomic E-state index is -0.658. The van der Waals surface area contributed by atoms with E-state index in [1.165, 1.54) is 15.0 Å². The molecule has 0 spiro atoms. The quantitative estimate of drug-likeness (QED) is 0.537. The van der Waals surface area contributed by atoms with Crippen LogP contribution in [-0.2, 0) is 24.3 Å². The largest absolute Gasteiger partial charge is 0.383 e. The molecule has 8 heteroatoms. The van der Waals surface area contributed by atoms with Crippen molar-refractivity contribution >= 4 is 23.1 Å².